The number of nitrogens with zero attached hydrogens (tertiary/aromatic N) is 1. The monoisotopic (exact) mass is 306 g/mol. The highest BCUT2D eigenvalue weighted by atomic mass is 32.2. The third-order valence-electron chi connectivity index (χ3n) is 3.24. The third kappa shape index (κ3) is 2.78. The molecule has 0 fully saturated rings. The summed E-state index contributed by atoms with van der Waals surface area (Å²) in [6.45, 7) is 0.437. The van der Waals surface area contributed by atoms with Gasteiger partial charge in [0.05, 0.1) is 17.9 Å². The number of hydrogen-bond acceptors (Lipinski definition) is 6. The Hall–Kier alpha value is -2.28. The Morgan fingerprint density at radius 3 is 2.81 bits per heavy atom. The van der Waals surface area contributed by atoms with Gasteiger partial charge in [-0.1, -0.05) is 0 Å². The van der Waals surface area contributed by atoms with Crippen LogP contribution in [-0.2, 0) is 9.84 Å². The molecule has 6 nitrogen and oxygen atoms in total. The van der Waals surface area contributed by atoms with Crippen molar-refractivity contribution in [3.05, 3.63) is 42.1 Å². The second-order valence-electron chi connectivity index (χ2n) is 4.89. The van der Waals surface area contributed by atoms with Gasteiger partial charge in [-0.3, -0.25) is 0 Å². The molecule has 1 aromatic carbocycles. The van der Waals surface area contributed by atoms with E-state index in [4.69, 9.17) is 4.74 Å². The summed E-state index contributed by atoms with van der Waals surface area (Å²) in [5.41, 5.74) is 1.65. The number of aromatic nitrogens is 1. The van der Waals surface area contributed by atoms with Gasteiger partial charge >= 0.3 is 0 Å². The number of rotatable bonds is 3. The molecule has 0 aliphatic carbocycles. The molecule has 21 heavy (non-hydrogen) atoms. The van der Waals surface area contributed by atoms with E-state index in [0.717, 1.165) is 11.8 Å². The van der Waals surface area contributed by atoms with E-state index in [9.17, 15) is 13.5 Å². The maximum absolute atomic E-state index is 11.4. The van der Waals surface area contributed by atoms with E-state index in [1.54, 1.807) is 24.3 Å². The van der Waals surface area contributed by atoms with Gasteiger partial charge < -0.3 is 15.2 Å². The largest absolute Gasteiger partial charge is 0.508 e. The van der Waals surface area contributed by atoms with Crippen LogP contribution >= 0.6 is 0 Å². The Labute approximate surface area is 122 Å². The van der Waals surface area contributed by atoms with Gasteiger partial charge in [-0.15, -0.1) is 0 Å². The van der Waals surface area contributed by atoms with Crippen LogP contribution in [0.3, 0.4) is 0 Å². The number of phenolic OH excluding ortho intramolecular Hbond substituents is 1. The van der Waals surface area contributed by atoms with Crippen LogP contribution in [0.15, 0.2) is 41.6 Å². The molecule has 0 bridgehead atoms. The molecule has 0 saturated carbocycles. The van der Waals surface area contributed by atoms with E-state index in [1.165, 1.54) is 12.3 Å². The number of sulfone groups is 1. The average Bonchev–Trinajstić information content (AvgIpc) is 2.80. The lowest BCUT2D eigenvalue weighted by Crippen LogP contribution is -2.12. The minimum Gasteiger partial charge on any atom is -0.508 e. The first-order valence-electron chi connectivity index (χ1n) is 6.32. The summed E-state index contributed by atoms with van der Waals surface area (Å²) in [5, 5.41) is 12.7. The van der Waals surface area contributed by atoms with Gasteiger partial charge in [-0.05, 0) is 24.3 Å². The summed E-state index contributed by atoms with van der Waals surface area (Å²) in [4.78, 5) is 3.93. The van der Waals surface area contributed by atoms with E-state index in [2.05, 4.69) is 10.3 Å². The molecule has 0 amide bonds. The molecule has 1 atom stereocenters. The zero-order valence-corrected chi connectivity index (χ0v) is 12.1. The lowest BCUT2D eigenvalue weighted by atomic mass is 10.1. The van der Waals surface area contributed by atoms with Crippen molar-refractivity contribution in [2.45, 2.75) is 11.1 Å². The molecule has 2 heterocycles. The smallest absolute Gasteiger partial charge is 0.192 e. The molecule has 3 rings (SSSR count). The second kappa shape index (κ2) is 4.92. The van der Waals surface area contributed by atoms with Crippen LogP contribution in [-0.4, -0.2) is 31.4 Å². The molecule has 0 saturated heterocycles. The van der Waals surface area contributed by atoms with Crippen LogP contribution in [0, 0.1) is 0 Å². The number of ether oxygens (including phenoxy) is 1. The molecule has 2 aromatic rings. The molecular formula is C14H14N2O4S. The maximum atomic E-state index is 11.4. The Balaban J connectivity index is 1.80. The highest BCUT2D eigenvalue weighted by Crippen LogP contribution is 2.36. The van der Waals surface area contributed by atoms with Crippen LogP contribution in [0.1, 0.15) is 11.6 Å². The molecule has 1 aliphatic rings. The quantitative estimate of drug-likeness (QED) is 0.898. The van der Waals surface area contributed by atoms with E-state index < -0.39 is 9.84 Å². The number of aromatic hydroxyl groups is 1. The summed E-state index contributed by atoms with van der Waals surface area (Å²) in [5.74, 6) is 0.807. The average molecular weight is 306 g/mol. The zero-order chi connectivity index (χ0) is 15.0. The predicted molar refractivity (Wildman–Crippen MR) is 77.3 cm³/mol. The fourth-order valence-corrected chi connectivity index (χ4v) is 2.76. The maximum Gasteiger partial charge on any atom is 0.192 e. The lowest BCUT2D eigenvalue weighted by molar-refractivity contribution is 0.338. The molecule has 110 valence electrons. The number of fused-ring (bicyclic) bond motifs is 1. The molecular weight excluding hydrogens is 292 g/mol. The van der Waals surface area contributed by atoms with Crippen molar-refractivity contribution < 1.29 is 18.3 Å². The molecule has 2 N–H and O–H groups in total. The van der Waals surface area contributed by atoms with E-state index in [-0.39, 0.29) is 16.8 Å². The third-order valence-corrected chi connectivity index (χ3v) is 4.24. The molecule has 0 spiro atoms. The SMILES string of the molecule is CS(=O)(=O)c1ccc(NC2COc3cc(O)ccc32)cn1. The standard InChI is InChI=1S/C14H14N2O4S/c1-21(18,19)14-5-2-9(7-15-14)16-12-8-20-13-6-10(17)3-4-11(12)13/h2-7,12,16-17H,8H2,1H3. The Bertz CT molecular complexity index is 772. The van der Waals surface area contributed by atoms with Crippen LogP contribution < -0.4 is 10.1 Å². The van der Waals surface area contributed by atoms with Gasteiger partial charge in [0.25, 0.3) is 0 Å². The van der Waals surface area contributed by atoms with E-state index in [0.29, 0.717) is 18.0 Å². The topological polar surface area (TPSA) is 88.5 Å². The van der Waals surface area contributed by atoms with Gasteiger partial charge in [-0.25, -0.2) is 13.4 Å². The first-order chi connectivity index (χ1) is 9.93. The summed E-state index contributed by atoms with van der Waals surface area (Å²) < 4.78 is 28.2. The number of benzene rings is 1. The van der Waals surface area contributed by atoms with Crippen LogP contribution in [0.25, 0.3) is 0 Å². The number of pyridine rings is 1. The van der Waals surface area contributed by atoms with Crippen molar-refractivity contribution in [2.75, 3.05) is 18.2 Å². The minimum atomic E-state index is -3.29. The Morgan fingerprint density at radius 2 is 2.14 bits per heavy atom. The Kier molecular flexibility index (Phi) is 3.21. The number of phenols is 1. The van der Waals surface area contributed by atoms with Gasteiger partial charge in [-0.2, -0.15) is 0 Å². The minimum absolute atomic E-state index is 0.0426. The summed E-state index contributed by atoms with van der Waals surface area (Å²) in [6.07, 6.45) is 2.60. The predicted octanol–water partition coefficient (Wildman–Crippen LogP) is 1.74. The first-order valence-corrected chi connectivity index (χ1v) is 8.21. The molecule has 1 aliphatic heterocycles. The van der Waals surface area contributed by atoms with Crippen LogP contribution in [0.5, 0.6) is 11.5 Å². The number of anilines is 1. The normalized spacial score (nSPS) is 17.1. The van der Waals surface area contributed by atoms with Gasteiger partial charge in [0.1, 0.15) is 18.1 Å². The first kappa shape index (κ1) is 13.7. The summed E-state index contributed by atoms with van der Waals surface area (Å²) >= 11 is 0. The molecule has 1 unspecified atom stereocenters. The van der Waals surface area contributed by atoms with Crippen molar-refractivity contribution in [1.82, 2.24) is 4.98 Å². The zero-order valence-electron chi connectivity index (χ0n) is 11.3. The fraction of sp³-hybridized carbons (Fsp3) is 0.214. The molecule has 0 radical (unpaired) electrons. The fourth-order valence-electron chi connectivity index (χ4n) is 2.20. The van der Waals surface area contributed by atoms with Crippen molar-refractivity contribution in [2.24, 2.45) is 0 Å². The lowest BCUT2D eigenvalue weighted by Gasteiger charge is -2.13. The van der Waals surface area contributed by atoms with E-state index >= 15 is 0 Å². The van der Waals surface area contributed by atoms with Crippen LogP contribution in [0.4, 0.5) is 5.69 Å². The summed E-state index contributed by atoms with van der Waals surface area (Å²) in [6, 6.07) is 8.04. The van der Waals surface area contributed by atoms with E-state index in [1.807, 2.05) is 0 Å². The van der Waals surface area contributed by atoms with Crippen LogP contribution in [0.2, 0.25) is 0 Å². The van der Waals surface area contributed by atoms with Crippen molar-refractivity contribution in [1.29, 1.82) is 0 Å². The highest BCUT2D eigenvalue weighted by Gasteiger charge is 2.24. The molecule has 7 heteroatoms. The number of nitrogens with one attached hydrogen (secondary N) is 1. The Morgan fingerprint density at radius 1 is 1.33 bits per heavy atom. The van der Waals surface area contributed by atoms with Crippen molar-refractivity contribution in [3.8, 4) is 11.5 Å². The molecule has 1 aromatic heterocycles. The second-order valence-corrected chi connectivity index (χ2v) is 6.85. The number of hydrogen-bond donors (Lipinski definition) is 2. The van der Waals surface area contributed by atoms with Crippen molar-refractivity contribution in [3.63, 3.8) is 0 Å². The highest BCUT2D eigenvalue weighted by molar-refractivity contribution is 7.90. The van der Waals surface area contributed by atoms with Gasteiger partial charge in [0, 0.05) is 17.9 Å². The van der Waals surface area contributed by atoms with Gasteiger partial charge in [0.15, 0.2) is 14.9 Å². The van der Waals surface area contributed by atoms with Gasteiger partial charge in [0.2, 0.25) is 0 Å². The summed E-state index contributed by atoms with van der Waals surface area (Å²) in [7, 11) is -3.29. The van der Waals surface area contributed by atoms with Crippen molar-refractivity contribution >= 4 is 15.5 Å².